The minimum atomic E-state index is 0.0350. The van der Waals surface area contributed by atoms with Gasteiger partial charge in [-0.15, -0.1) is 12.8 Å². The number of carbonyl (C=O) groups excluding carboxylic acids is 2. The molecule has 0 saturated carbocycles. The van der Waals surface area contributed by atoms with E-state index in [1.807, 2.05) is 38.1 Å². The van der Waals surface area contributed by atoms with Gasteiger partial charge in [0.15, 0.2) is 6.19 Å². The molecule has 1 aliphatic heterocycles. The lowest BCUT2D eigenvalue weighted by Crippen LogP contribution is -2.41. The van der Waals surface area contributed by atoms with Crippen LogP contribution < -0.4 is 11.1 Å². The Labute approximate surface area is 179 Å². The van der Waals surface area contributed by atoms with E-state index in [2.05, 4.69) is 23.2 Å². The summed E-state index contributed by atoms with van der Waals surface area (Å²) in [5, 5.41) is 10.5. The standard InChI is InChI=1S/C11H20N2O2.C9H10N4.C2H2/c1-3-12(2)11(15)9-13-8-6-4-5-7-10(13)14;1-7-3-2-4-8(5-7)13-9(11)12-6-10;1-2/h3-9H2,1-2H3;2-5H,1H3,(H3,11,12,13);1-2H. The monoisotopic (exact) mass is 412 g/mol. The summed E-state index contributed by atoms with van der Waals surface area (Å²) in [5.41, 5.74) is 7.22. The molecular formula is C22H32N6O2. The van der Waals surface area contributed by atoms with Crippen LogP contribution in [0.5, 0.6) is 0 Å². The zero-order valence-electron chi connectivity index (χ0n) is 18.1. The topological polar surface area (TPSA) is 115 Å². The van der Waals surface area contributed by atoms with E-state index in [0.29, 0.717) is 13.0 Å². The van der Waals surface area contributed by atoms with E-state index in [0.717, 1.165) is 37.1 Å². The van der Waals surface area contributed by atoms with Gasteiger partial charge in [-0.05, 0) is 44.4 Å². The number of hydrogen-bond acceptors (Lipinski definition) is 4. The second-order valence-corrected chi connectivity index (χ2v) is 6.61. The highest BCUT2D eigenvalue weighted by Gasteiger charge is 2.20. The number of carbonyl (C=O) groups is 2. The van der Waals surface area contributed by atoms with Gasteiger partial charge < -0.3 is 15.5 Å². The summed E-state index contributed by atoms with van der Waals surface area (Å²) in [7, 11) is 1.77. The molecule has 1 aromatic rings. The fourth-order valence-electron chi connectivity index (χ4n) is 2.59. The number of nitrogens with one attached hydrogen (secondary N) is 1. The number of hydrogen-bond donors (Lipinski definition) is 2. The molecule has 0 aliphatic carbocycles. The quantitative estimate of drug-likeness (QED) is 0.258. The third-order valence-corrected chi connectivity index (χ3v) is 4.33. The number of rotatable bonds is 4. The summed E-state index contributed by atoms with van der Waals surface area (Å²) in [4.78, 5) is 30.6. The maximum Gasteiger partial charge on any atom is 0.241 e. The van der Waals surface area contributed by atoms with Gasteiger partial charge in [0.05, 0.1) is 12.2 Å². The Morgan fingerprint density at radius 3 is 2.67 bits per heavy atom. The Kier molecular flexibility index (Phi) is 13.6. The number of nitrogens with zero attached hydrogens (tertiary/aromatic N) is 4. The first-order chi connectivity index (χ1) is 14.4. The summed E-state index contributed by atoms with van der Waals surface area (Å²) < 4.78 is 0. The van der Waals surface area contributed by atoms with Gasteiger partial charge in [-0.1, -0.05) is 18.6 Å². The van der Waals surface area contributed by atoms with Crippen LogP contribution in [0.3, 0.4) is 0 Å². The predicted octanol–water partition coefficient (Wildman–Crippen LogP) is 2.13. The highest BCUT2D eigenvalue weighted by Crippen LogP contribution is 2.12. The highest BCUT2D eigenvalue weighted by molar-refractivity contribution is 5.84. The fraction of sp³-hybridized carbons (Fsp3) is 0.455. The Hall–Kier alpha value is -3.52. The molecule has 0 spiro atoms. The maximum absolute atomic E-state index is 11.6. The van der Waals surface area contributed by atoms with Crippen LogP contribution >= 0.6 is 0 Å². The van der Waals surface area contributed by atoms with E-state index in [9.17, 15) is 9.59 Å². The van der Waals surface area contributed by atoms with Crippen molar-refractivity contribution in [2.45, 2.75) is 39.5 Å². The molecule has 8 nitrogen and oxygen atoms in total. The lowest BCUT2D eigenvalue weighted by atomic mass is 10.2. The molecule has 0 radical (unpaired) electrons. The number of likely N-dealkylation sites (tertiary alicyclic amines) is 1. The molecule has 0 atom stereocenters. The molecule has 162 valence electrons. The van der Waals surface area contributed by atoms with Gasteiger partial charge in [0, 0.05) is 26.6 Å². The van der Waals surface area contributed by atoms with Crippen molar-refractivity contribution in [3.63, 3.8) is 0 Å². The molecule has 30 heavy (non-hydrogen) atoms. The minimum absolute atomic E-state index is 0.0350. The van der Waals surface area contributed by atoms with Crippen molar-refractivity contribution in [3.8, 4) is 19.0 Å². The molecule has 0 aromatic heterocycles. The summed E-state index contributed by atoms with van der Waals surface area (Å²) in [6, 6.07) is 7.55. The average molecular weight is 413 g/mol. The Bertz CT molecular complexity index is 766. The number of nitrogens with two attached hydrogens (primary N) is 1. The molecule has 2 amide bonds. The van der Waals surface area contributed by atoms with Gasteiger partial charge in [-0.25, -0.2) is 4.99 Å². The van der Waals surface area contributed by atoms with E-state index >= 15 is 0 Å². The molecule has 1 saturated heterocycles. The Morgan fingerprint density at radius 1 is 1.37 bits per heavy atom. The summed E-state index contributed by atoms with van der Waals surface area (Å²) in [6.45, 7) is 5.58. The van der Waals surface area contributed by atoms with Crippen LogP contribution in [0.2, 0.25) is 0 Å². The van der Waals surface area contributed by atoms with E-state index in [1.54, 1.807) is 23.0 Å². The smallest absolute Gasteiger partial charge is 0.241 e. The lowest BCUT2D eigenvalue weighted by Gasteiger charge is -2.23. The molecule has 0 bridgehead atoms. The zero-order valence-corrected chi connectivity index (χ0v) is 18.1. The van der Waals surface area contributed by atoms with Crippen LogP contribution in [-0.2, 0) is 9.59 Å². The normalized spacial score (nSPS) is 13.4. The van der Waals surface area contributed by atoms with E-state index in [-0.39, 0.29) is 24.3 Å². The number of guanidine groups is 1. The number of likely N-dealkylation sites (N-methyl/N-ethyl adjacent to an activating group) is 1. The molecular weight excluding hydrogens is 380 g/mol. The predicted molar refractivity (Wildman–Crippen MR) is 119 cm³/mol. The zero-order chi connectivity index (χ0) is 22.9. The van der Waals surface area contributed by atoms with Gasteiger partial charge in [0.1, 0.15) is 0 Å². The van der Waals surface area contributed by atoms with Crippen molar-refractivity contribution in [1.29, 1.82) is 5.26 Å². The largest absolute Gasteiger partial charge is 0.369 e. The molecule has 8 heteroatoms. The number of nitriles is 1. The lowest BCUT2D eigenvalue weighted by molar-refractivity contribution is -0.139. The second-order valence-electron chi connectivity index (χ2n) is 6.61. The number of aryl methyl sites for hydroxylation is 1. The van der Waals surface area contributed by atoms with Crippen LogP contribution in [0.4, 0.5) is 5.69 Å². The third kappa shape index (κ3) is 10.7. The molecule has 3 N–H and O–H groups in total. The molecule has 1 heterocycles. The van der Waals surface area contributed by atoms with Gasteiger partial charge in [-0.2, -0.15) is 5.26 Å². The van der Waals surface area contributed by atoms with Crippen molar-refractivity contribution < 1.29 is 9.59 Å². The SMILES string of the molecule is C#C.CCN(C)C(=O)CN1CCCCCC1=O.Cc1cccc(N=C(N)NC#N)c1. The number of amides is 2. The fourth-order valence-corrected chi connectivity index (χ4v) is 2.59. The van der Waals surface area contributed by atoms with E-state index < -0.39 is 0 Å². The number of aliphatic imine (C=N–C) groups is 1. The van der Waals surface area contributed by atoms with Crippen molar-refractivity contribution in [3.05, 3.63) is 29.8 Å². The van der Waals surface area contributed by atoms with Crippen molar-refractivity contribution in [2.24, 2.45) is 10.7 Å². The summed E-state index contributed by atoms with van der Waals surface area (Å²) in [6.07, 6.45) is 13.4. The second kappa shape index (κ2) is 15.4. The first-order valence-corrected chi connectivity index (χ1v) is 9.78. The Balaban J connectivity index is 0.000000522. The van der Waals surface area contributed by atoms with Crippen LogP contribution in [0.1, 0.15) is 38.2 Å². The van der Waals surface area contributed by atoms with E-state index in [1.165, 1.54) is 0 Å². The summed E-state index contributed by atoms with van der Waals surface area (Å²) in [5.74, 6) is 0.270. The third-order valence-electron chi connectivity index (χ3n) is 4.33. The highest BCUT2D eigenvalue weighted by atomic mass is 16.2. The van der Waals surface area contributed by atoms with Crippen LogP contribution in [-0.4, -0.2) is 54.3 Å². The van der Waals surface area contributed by atoms with E-state index in [4.69, 9.17) is 11.0 Å². The van der Waals surface area contributed by atoms with Crippen LogP contribution in [0.15, 0.2) is 29.3 Å². The first-order valence-electron chi connectivity index (χ1n) is 9.78. The number of terminal acetylenes is 1. The minimum Gasteiger partial charge on any atom is -0.369 e. The van der Waals surface area contributed by atoms with Crippen molar-refractivity contribution >= 4 is 23.5 Å². The first kappa shape index (κ1) is 26.5. The van der Waals surface area contributed by atoms with Crippen LogP contribution in [0.25, 0.3) is 0 Å². The molecule has 1 aliphatic rings. The Morgan fingerprint density at radius 2 is 2.07 bits per heavy atom. The molecule has 1 aromatic carbocycles. The molecule has 0 unspecified atom stereocenters. The van der Waals surface area contributed by atoms with Gasteiger partial charge in [-0.3, -0.25) is 14.9 Å². The van der Waals surface area contributed by atoms with Gasteiger partial charge in [0.2, 0.25) is 17.8 Å². The van der Waals surface area contributed by atoms with Crippen molar-refractivity contribution in [2.75, 3.05) is 26.7 Å². The average Bonchev–Trinajstić information content (AvgIpc) is 2.93. The number of benzene rings is 1. The maximum atomic E-state index is 11.6. The van der Waals surface area contributed by atoms with Crippen LogP contribution in [0, 0.1) is 31.2 Å². The van der Waals surface area contributed by atoms with Gasteiger partial charge in [0.25, 0.3) is 0 Å². The van der Waals surface area contributed by atoms with Gasteiger partial charge >= 0.3 is 0 Å². The molecule has 1 fully saturated rings. The summed E-state index contributed by atoms with van der Waals surface area (Å²) >= 11 is 0. The van der Waals surface area contributed by atoms with Crippen molar-refractivity contribution in [1.82, 2.24) is 15.1 Å². The molecule has 2 rings (SSSR count).